The molecule has 1 fully saturated rings. The van der Waals surface area contributed by atoms with Crippen molar-refractivity contribution < 1.29 is 19.4 Å². The summed E-state index contributed by atoms with van der Waals surface area (Å²) < 4.78 is 7.65. The Balaban J connectivity index is 1.71. The Bertz CT molecular complexity index is 1350. The molecule has 1 aliphatic heterocycles. The lowest BCUT2D eigenvalue weighted by Gasteiger charge is -2.35. The number of anilines is 1. The van der Waals surface area contributed by atoms with Crippen LogP contribution in [0.15, 0.2) is 35.1 Å². The molecule has 4 rings (SSSR count). The first-order chi connectivity index (χ1) is 17.1. The van der Waals surface area contributed by atoms with Gasteiger partial charge < -0.3 is 24.3 Å². The molecule has 9 nitrogen and oxygen atoms in total. The van der Waals surface area contributed by atoms with Crippen molar-refractivity contribution in [2.24, 2.45) is 5.92 Å². The number of benzene rings is 1. The van der Waals surface area contributed by atoms with Gasteiger partial charge >= 0.3 is 5.97 Å². The fraction of sp³-hybridized carbons (Fsp3) is 0.444. The number of amides is 1. The minimum Gasteiger partial charge on any atom is -0.494 e. The zero-order valence-corrected chi connectivity index (χ0v) is 21.5. The number of hydrogen-bond donors (Lipinski definition) is 2. The third-order valence-corrected chi connectivity index (χ3v) is 7.42. The van der Waals surface area contributed by atoms with Crippen LogP contribution in [0.2, 0.25) is 0 Å². The van der Waals surface area contributed by atoms with Gasteiger partial charge in [0.25, 0.3) is 11.5 Å². The van der Waals surface area contributed by atoms with Crippen LogP contribution in [-0.2, 0) is 4.79 Å². The average Bonchev–Trinajstić information content (AvgIpc) is 3.13. The van der Waals surface area contributed by atoms with Gasteiger partial charge in [0, 0.05) is 41.4 Å². The number of aryl methyl sites for hydroxylation is 1. The van der Waals surface area contributed by atoms with E-state index in [-0.39, 0.29) is 29.7 Å². The molecule has 2 aromatic heterocycles. The number of pyridine rings is 1. The minimum atomic E-state index is -0.801. The number of likely N-dealkylation sites (tertiary alicyclic amines) is 1. The molecule has 0 spiro atoms. The van der Waals surface area contributed by atoms with Crippen LogP contribution in [0.3, 0.4) is 0 Å². The van der Waals surface area contributed by atoms with Crippen LogP contribution in [0.5, 0.6) is 5.75 Å². The fourth-order valence-electron chi connectivity index (χ4n) is 5.58. The van der Waals surface area contributed by atoms with E-state index in [9.17, 15) is 14.4 Å². The highest BCUT2D eigenvalue weighted by atomic mass is 16.5. The van der Waals surface area contributed by atoms with E-state index in [2.05, 4.69) is 16.5 Å². The SMILES string of the molecule is COc1cc(C)[nH]c(=O)c1N(C)C(=O)c1c(C)n([C@@H](C)C2CCN(CC(=O)O)CC2)c2ccccc12. The molecule has 1 aromatic carbocycles. The molecule has 1 atom stereocenters. The Hall–Kier alpha value is -3.59. The molecule has 0 saturated carbocycles. The van der Waals surface area contributed by atoms with Crippen LogP contribution in [0.4, 0.5) is 5.69 Å². The second-order valence-corrected chi connectivity index (χ2v) is 9.66. The van der Waals surface area contributed by atoms with E-state index >= 15 is 0 Å². The monoisotopic (exact) mass is 494 g/mol. The first-order valence-electron chi connectivity index (χ1n) is 12.2. The lowest BCUT2D eigenvalue weighted by atomic mass is 9.90. The summed E-state index contributed by atoms with van der Waals surface area (Å²) in [6.07, 6.45) is 1.78. The van der Waals surface area contributed by atoms with Gasteiger partial charge in [-0.1, -0.05) is 18.2 Å². The van der Waals surface area contributed by atoms with E-state index in [1.165, 1.54) is 12.0 Å². The molecular formula is C27H34N4O5. The number of carbonyl (C=O) groups is 2. The maximum Gasteiger partial charge on any atom is 0.317 e. The number of rotatable bonds is 7. The summed E-state index contributed by atoms with van der Waals surface area (Å²) in [5.74, 6) is -0.385. The molecule has 0 unspecified atom stereocenters. The fourth-order valence-corrected chi connectivity index (χ4v) is 5.58. The topological polar surface area (TPSA) is 108 Å². The second kappa shape index (κ2) is 10.2. The number of nitrogens with zero attached hydrogens (tertiary/aromatic N) is 3. The molecule has 3 heterocycles. The Morgan fingerprint density at radius 3 is 2.53 bits per heavy atom. The van der Waals surface area contributed by atoms with Gasteiger partial charge in [-0.3, -0.25) is 19.3 Å². The van der Waals surface area contributed by atoms with Crippen molar-refractivity contribution in [1.82, 2.24) is 14.5 Å². The van der Waals surface area contributed by atoms with Gasteiger partial charge in [0.2, 0.25) is 0 Å². The number of methoxy groups -OCH3 is 1. The summed E-state index contributed by atoms with van der Waals surface area (Å²) in [7, 11) is 3.08. The maximum atomic E-state index is 13.9. The van der Waals surface area contributed by atoms with Gasteiger partial charge in [0.1, 0.15) is 5.75 Å². The van der Waals surface area contributed by atoms with Crippen LogP contribution in [-0.4, -0.2) is 65.2 Å². The van der Waals surface area contributed by atoms with Crippen LogP contribution < -0.4 is 15.2 Å². The van der Waals surface area contributed by atoms with E-state index in [1.807, 2.05) is 36.1 Å². The third-order valence-electron chi connectivity index (χ3n) is 7.42. The molecule has 9 heteroatoms. The first-order valence-corrected chi connectivity index (χ1v) is 12.2. The zero-order valence-electron chi connectivity index (χ0n) is 21.5. The largest absolute Gasteiger partial charge is 0.494 e. The molecule has 192 valence electrons. The molecule has 0 radical (unpaired) electrons. The predicted octanol–water partition coefficient (Wildman–Crippen LogP) is 3.59. The Morgan fingerprint density at radius 1 is 1.22 bits per heavy atom. The number of carboxylic acids is 1. The number of aromatic nitrogens is 2. The van der Waals surface area contributed by atoms with Gasteiger partial charge in [0.05, 0.1) is 19.2 Å². The van der Waals surface area contributed by atoms with E-state index in [1.54, 1.807) is 20.0 Å². The Morgan fingerprint density at radius 2 is 1.89 bits per heavy atom. The third kappa shape index (κ3) is 4.63. The number of nitrogens with one attached hydrogen (secondary N) is 1. The maximum absolute atomic E-state index is 13.9. The number of carboxylic acid groups (broad SMARTS) is 1. The van der Waals surface area contributed by atoms with Gasteiger partial charge in [0.15, 0.2) is 5.69 Å². The standard InChI is InChI=1S/C27H34N4O5/c1-16-14-22(36-5)25(26(34)28-16)29(4)27(35)24-18(3)31(21-9-7-6-8-20(21)24)17(2)19-10-12-30(13-11-19)15-23(32)33/h6-9,14,17,19H,10-13,15H2,1-5H3,(H,28,34)(H,32,33)/t17-/m0/s1. The van der Waals surface area contributed by atoms with Crippen molar-refractivity contribution in [1.29, 1.82) is 0 Å². The van der Waals surface area contributed by atoms with Crippen molar-refractivity contribution >= 4 is 28.5 Å². The van der Waals surface area contributed by atoms with Gasteiger partial charge in [-0.05, 0) is 58.7 Å². The van der Waals surface area contributed by atoms with Crippen molar-refractivity contribution in [3.63, 3.8) is 0 Å². The number of carbonyl (C=O) groups excluding carboxylic acids is 1. The smallest absolute Gasteiger partial charge is 0.317 e. The van der Waals surface area contributed by atoms with E-state index in [4.69, 9.17) is 9.84 Å². The van der Waals surface area contributed by atoms with Crippen LogP contribution in [0.25, 0.3) is 10.9 Å². The molecule has 0 aliphatic carbocycles. The Kier molecular flexibility index (Phi) is 7.21. The van der Waals surface area contributed by atoms with Crippen molar-refractivity contribution in [2.45, 2.75) is 39.7 Å². The molecule has 36 heavy (non-hydrogen) atoms. The molecule has 3 aromatic rings. The van der Waals surface area contributed by atoms with Crippen molar-refractivity contribution in [2.75, 3.05) is 38.7 Å². The van der Waals surface area contributed by atoms with Crippen LogP contribution >= 0.6 is 0 Å². The summed E-state index contributed by atoms with van der Waals surface area (Å²) in [5, 5.41) is 9.95. The summed E-state index contributed by atoms with van der Waals surface area (Å²) in [6, 6.07) is 9.66. The van der Waals surface area contributed by atoms with E-state index in [0.717, 1.165) is 42.5 Å². The summed E-state index contributed by atoms with van der Waals surface area (Å²) in [5.41, 5.74) is 2.81. The zero-order chi connectivity index (χ0) is 26.1. The number of ether oxygens (including phenoxy) is 1. The predicted molar refractivity (Wildman–Crippen MR) is 139 cm³/mol. The van der Waals surface area contributed by atoms with Crippen molar-refractivity contribution in [3.05, 3.63) is 57.6 Å². The number of fused-ring (bicyclic) bond motifs is 1. The van der Waals surface area contributed by atoms with Gasteiger partial charge in [-0.2, -0.15) is 0 Å². The molecule has 1 saturated heterocycles. The normalized spacial score (nSPS) is 15.7. The highest BCUT2D eigenvalue weighted by Crippen LogP contribution is 2.37. The highest BCUT2D eigenvalue weighted by molar-refractivity contribution is 6.15. The lowest BCUT2D eigenvalue weighted by molar-refractivity contribution is -0.138. The molecule has 1 amide bonds. The molecular weight excluding hydrogens is 460 g/mol. The Labute approximate surface area is 210 Å². The second-order valence-electron chi connectivity index (χ2n) is 9.66. The van der Waals surface area contributed by atoms with Crippen LogP contribution in [0.1, 0.15) is 47.6 Å². The summed E-state index contributed by atoms with van der Waals surface area (Å²) in [6.45, 7) is 7.44. The van der Waals surface area contributed by atoms with Crippen molar-refractivity contribution in [3.8, 4) is 5.75 Å². The number of aromatic amines is 1. The number of H-pyrrole nitrogens is 1. The summed E-state index contributed by atoms with van der Waals surface area (Å²) in [4.78, 5) is 43.9. The molecule has 0 bridgehead atoms. The van der Waals surface area contributed by atoms with Gasteiger partial charge in [-0.15, -0.1) is 0 Å². The quantitative estimate of drug-likeness (QED) is 0.520. The minimum absolute atomic E-state index is 0.0686. The molecule has 2 N–H and O–H groups in total. The first kappa shape index (κ1) is 25.5. The van der Waals surface area contributed by atoms with Crippen LogP contribution in [0, 0.1) is 19.8 Å². The van der Waals surface area contributed by atoms with Gasteiger partial charge in [-0.25, -0.2) is 0 Å². The van der Waals surface area contributed by atoms with E-state index in [0.29, 0.717) is 22.9 Å². The molecule has 1 aliphatic rings. The number of hydrogen-bond acceptors (Lipinski definition) is 5. The highest BCUT2D eigenvalue weighted by Gasteiger charge is 2.31. The number of aliphatic carboxylic acids is 1. The van der Waals surface area contributed by atoms with E-state index < -0.39 is 5.97 Å². The lowest BCUT2D eigenvalue weighted by Crippen LogP contribution is -2.39. The average molecular weight is 495 g/mol. The summed E-state index contributed by atoms with van der Waals surface area (Å²) >= 11 is 0. The number of piperidine rings is 1. The number of para-hydroxylation sites is 1.